The number of benzene rings is 2. The van der Waals surface area contributed by atoms with Gasteiger partial charge in [0, 0.05) is 42.6 Å². The summed E-state index contributed by atoms with van der Waals surface area (Å²) >= 11 is 0. The number of nitrogens with zero attached hydrogens (tertiary/aromatic N) is 3. The van der Waals surface area contributed by atoms with Gasteiger partial charge in [-0.15, -0.1) is 0 Å². The van der Waals surface area contributed by atoms with E-state index in [0.717, 1.165) is 0 Å². The molecule has 1 heterocycles. The molecule has 0 aliphatic heterocycles. The summed E-state index contributed by atoms with van der Waals surface area (Å²) in [5, 5.41) is 15.2. The number of aromatic nitrogens is 2. The van der Waals surface area contributed by atoms with E-state index in [1.807, 2.05) is 0 Å². The van der Waals surface area contributed by atoms with Gasteiger partial charge in [-0.2, -0.15) is 13.2 Å². The second-order valence-corrected chi connectivity index (χ2v) is 10.3. The van der Waals surface area contributed by atoms with Crippen LogP contribution in [0.15, 0.2) is 30.3 Å². The minimum atomic E-state index is -4.82. The number of nitrogens with one attached hydrogen (secondary N) is 1. The normalized spacial score (nSPS) is 20.5. The summed E-state index contributed by atoms with van der Waals surface area (Å²) in [5.74, 6) is -0.417. The summed E-state index contributed by atoms with van der Waals surface area (Å²) in [5.41, 5.74) is -1.78. The van der Waals surface area contributed by atoms with Crippen LogP contribution in [0.5, 0.6) is 5.75 Å². The van der Waals surface area contributed by atoms with E-state index >= 15 is 0 Å². The molecule has 1 aromatic heterocycles. The van der Waals surface area contributed by atoms with Gasteiger partial charge in [0.25, 0.3) is 0 Å². The first-order valence-electron chi connectivity index (χ1n) is 12.7. The Hall–Kier alpha value is -3.47. The fraction of sp³-hybridized carbons (Fsp3) is 0.464. The maximum Gasteiger partial charge on any atom is 0.419 e. The number of ether oxygens (including phenoxy) is 1. The predicted molar refractivity (Wildman–Crippen MR) is 139 cm³/mol. The van der Waals surface area contributed by atoms with Crippen molar-refractivity contribution in [3.8, 4) is 5.75 Å². The molecule has 1 aliphatic carbocycles. The number of halogens is 4. The van der Waals surface area contributed by atoms with Gasteiger partial charge in [-0.05, 0) is 51.7 Å². The van der Waals surface area contributed by atoms with E-state index in [2.05, 4.69) is 15.3 Å². The molecule has 2 N–H and O–H groups in total. The molecule has 0 radical (unpaired) electrons. The van der Waals surface area contributed by atoms with Gasteiger partial charge >= 0.3 is 6.18 Å². The van der Waals surface area contributed by atoms with Crippen molar-refractivity contribution in [3.05, 3.63) is 58.7 Å². The van der Waals surface area contributed by atoms with Gasteiger partial charge < -0.3 is 20.1 Å². The lowest BCUT2D eigenvalue weighted by Gasteiger charge is -2.37. The van der Waals surface area contributed by atoms with E-state index in [-0.39, 0.29) is 23.2 Å². The van der Waals surface area contributed by atoms with Crippen molar-refractivity contribution in [1.29, 1.82) is 0 Å². The summed E-state index contributed by atoms with van der Waals surface area (Å²) in [6, 6.07) is 5.68. The minimum absolute atomic E-state index is 0.0219. The summed E-state index contributed by atoms with van der Waals surface area (Å²) in [7, 11) is 4.90. The Morgan fingerprint density at radius 3 is 2.46 bits per heavy atom. The van der Waals surface area contributed by atoms with Crippen LogP contribution in [-0.4, -0.2) is 47.1 Å². The number of amides is 1. The molecule has 1 atom stereocenters. The average molecular weight is 549 g/mol. The van der Waals surface area contributed by atoms with Gasteiger partial charge in [-0.1, -0.05) is 12.1 Å². The molecule has 0 unspecified atom stereocenters. The van der Waals surface area contributed by atoms with Gasteiger partial charge in [-0.3, -0.25) is 4.79 Å². The van der Waals surface area contributed by atoms with Crippen molar-refractivity contribution < 1.29 is 32.2 Å². The highest BCUT2D eigenvalue weighted by molar-refractivity contribution is 5.91. The van der Waals surface area contributed by atoms with Crippen molar-refractivity contribution in [3.63, 3.8) is 0 Å². The zero-order chi connectivity index (χ0) is 28.7. The number of hydrogen-bond acceptors (Lipinski definition) is 6. The third kappa shape index (κ3) is 5.63. The van der Waals surface area contributed by atoms with Gasteiger partial charge in [0.2, 0.25) is 5.91 Å². The first kappa shape index (κ1) is 28.5. The Labute approximate surface area is 224 Å². The Kier molecular flexibility index (Phi) is 7.75. The lowest BCUT2D eigenvalue weighted by Crippen LogP contribution is -2.38. The fourth-order valence-corrected chi connectivity index (χ4v) is 5.28. The third-order valence-corrected chi connectivity index (χ3v) is 7.39. The number of rotatable bonds is 6. The molecule has 0 spiro atoms. The molecule has 1 aliphatic rings. The van der Waals surface area contributed by atoms with Crippen LogP contribution in [0.25, 0.3) is 10.9 Å². The number of carbonyl (C=O) groups is 1. The molecule has 1 fully saturated rings. The molecule has 1 saturated carbocycles. The summed E-state index contributed by atoms with van der Waals surface area (Å²) < 4.78 is 60.3. The van der Waals surface area contributed by atoms with Crippen molar-refractivity contribution in [1.82, 2.24) is 14.9 Å². The first-order valence-corrected chi connectivity index (χ1v) is 12.7. The molecule has 4 rings (SSSR count). The molecule has 1 amide bonds. The van der Waals surface area contributed by atoms with Crippen LogP contribution >= 0.6 is 0 Å². The van der Waals surface area contributed by atoms with Crippen LogP contribution in [0.1, 0.15) is 61.2 Å². The molecule has 2 aromatic carbocycles. The number of carbonyl (C=O) groups excluding carboxylic acids is 1. The van der Waals surface area contributed by atoms with E-state index in [9.17, 15) is 27.5 Å². The van der Waals surface area contributed by atoms with Crippen molar-refractivity contribution in [2.75, 3.05) is 26.5 Å². The van der Waals surface area contributed by atoms with Crippen LogP contribution in [0, 0.1) is 18.7 Å². The molecular formula is C28H32F4N4O3. The van der Waals surface area contributed by atoms with Crippen LogP contribution < -0.4 is 10.1 Å². The van der Waals surface area contributed by atoms with Crippen LogP contribution in [0.2, 0.25) is 0 Å². The number of hydrogen-bond donors (Lipinski definition) is 2. The highest BCUT2D eigenvalue weighted by Gasteiger charge is 2.40. The van der Waals surface area contributed by atoms with E-state index in [1.165, 1.54) is 19.2 Å². The molecule has 11 heteroatoms. The van der Waals surface area contributed by atoms with Crippen molar-refractivity contribution >= 4 is 22.6 Å². The lowest BCUT2D eigenvalue weighted by atomic mass is 9.74. The average Bonchev–Trinajstić information content (AvgIpc) is 2.87. The number of aliphatic hydroxyl groups is 1. The van der Waals surface area contributed by atoms with Crippen LogP contribution in [0.3, 0.4) is 0 Å². The fourth-order valence-electron chi connectivity index (χ4n) is 5.28. The molecule has 3 aromatic rings. The molecule has 7 nitrogen and oxygen atoms in total. The Morgan fingerprint density at radius 1 is 1.21 bits per heavy atom. The molecule has 39 heavy (non-hydrogen) atoms. The maximum atomic E-state index is 14.8. The summed E-state index contributed by atoms with van der Waals surface area (Å²) in [6.07, 6.45) is -3.16. The number of aryl methyl sites for hydroxylation is 1. The van der Waals surface area contributed by atoms with Crippen LogP contribution in [0.4, 0.5) is 23.4 Å². The Bertz CT molecular complexity index is 1390. The SMILES string of the molecule is COc1cc2nc(C)nc(N[C@@H](C)c3cccc(C(F)(F)F)c3F)c2cc1C1(O)CCC(C(=O)N(C)C)CC1. The largest absolute Gasteiger partial charge is 0.496 e. The highest BCUT2D eigenvalue weighted by Crippen LogP contribution is 2.45. The van der Waals surface area contributed by atoms with Crippen molar-refractivity contribution in [2.45, 2.75) is 57.3 Å². The highest BCUT2D eigenvalue weighted by atomic mass is 19.4. The number of methoxy groups -OCH3 is 1. The smallest absolute Gasteiger partial charge is 0.419 e. The number of alkyl halides is 3. The zero-order valence-corrected chi connectivity index (χ0v) is 22.5. The number of anilines is 1. The van der Waals surface area contributed by atoms with Gasteiger partial charge in [0.05, 0.1) is 29.8 Å². The topological polar surface area (TPSA) is 87.6 Å². The van der Waals surface area contributed by atoms with Gasteiger partial charge in [0.1, 0.15) is 23.2 Å². The van der Waals surface area contributed by atoms with E-state index < -0.39 is 29.2 Å². The van der Waals surface area contributed by atoms with Crippen molar-refractivity contribution in [2.24, 2.45) is 5.92 Å². The molecule has 0 saturated heterocycles. The maximum absolute atomic E-state index is 14.8. The predicted octanol–water partition coefficient (Wildman–Crippen LogP) is 5.74. The third-order valence-electron chi connectivity index (χ3n) is 7.39. The first-order chi connectivity index (χ1) is 18.2. The Balaban J connectivity index is 1.73. The van der Waals surface area contributed by atoms with E-state index in [4.69, 9.17) is 4.74 Å². The summed E-state index contributed by atoms with van der Waals surface area (Å²) in [6.45, 7) is 3.21. The van der Waals surface area contributed by atoms with E-state index in [1.54, 1.807) is 45.0 Å². The second kappa shape index (κ2) is 10.6. The number of fused-ring (bicyclic) bond motifs is 1. The minimum Gasteiger partial charge on any atom is -0.496 e. The van der Waals surface area contributed by atoms with Crippen LogP contribution in [-0.2, 0) is 16.6 Å². The monoisotopic (exact) mass is 548 g/mol. The zero-order valence-electron chi connectivity index (χ0n) is 22.5. The second-order valence-electron chi connectivity index (χ2n) is 10.3. The van der Waals surface area contributed by atoms with Gasteiger partial charge in [-0.25, -0.2) is 14.4 Å². The van der Waals surface area contributed by atoms with E-state index in [0.29, 0.717) is 59.8 Å². The Morgan fingerprint density at radius 2 is 1.87 bits per heavy atom. The standard InChI is InChI=1S/C28H32F4N4O3/c1-15(18-7-6-8-20(24(18)29)28(30,31)32)33-25-19-13-21(23(39-5)14-22(19)34-16(2)35-25)27(38)11-9-17(10-12-27)26(37)36(3)4/h6-8,13-15,17,38H,9-12H2,1-5H3,(H,33,34,35)/t15-,17?,27?/m0/s1. The molecule has 210 valence electrons. The lowest BCUT2D eigenvalue weighted by molar-refractivity contribution is -0.140. The van der Waals surface area contributed by atoms with Gasteiger partial charge in [0.15, 0.2) is 0 Å². The molecule has 0 bridgehead atoms. The molecular weight excluding hydrogens is 516 g/mol. The quantitative estimate of drug-likeness (QED) is 0.382. The summed E-state index contributed by atoms with van der Waals surface area (Å²) in [4.78, 5) is 22.9.